The predicted molar refractivity (Wildman–Crippen MR) is 135 cm³/mol. The Morgan fingerprint density at radius 3 is 2.41 bits per heavy atom. The van der Waals surface area contributed by atoms with E-state index in [2.05, 4.69) is 27.7 Å². The van der Waals surface area contributed by atoms with Crippen molar-refractivity contribution in [3.05, 3.63) is 63.3 Å². The lowest BCUT2D eigenvalue weighted by Gasteiger charge is -2.60. The van der Waals surface area contributed by atoms with Crippen molar-refractivity contribution in [3.8, 4) is 0 Å². The molecule has 34 heavy (non-hydrogen) atoms. The van der Waals surface area contributed by atoms with Crippen LogP contribution in [0.1, 0.15) is 85.0 Å². The van der Waals surface area contributed by atoms with E-state index in [0.717, 1.165) is 36.0 Å². The number of Topliss-reactive ketones (excluding diaryl/α,β-unsaturated/α-hetero) is 2. The van der Waals surface area contributed by atoms with E-state index < -0.39 is 0 Å². The first kappa shape index (κ1) is 24.6. The zero-order chi connectivity index (χ0) is 25.1. The zero-order valence-corrected chi connectivity index (χ0v) is 21.7. The summed E-state index contributed by atoms with van der Waals surface area (Å²) in [7, 11) is 0. The molecule has 1 unspecified atom stereocenters. The van der Waals surface area contributed by atoms with Crippen LogP contribution in [0.2, 0.25) is 0 Å². The van der Waals surface area contributed by atoms with Crippen molar-refractivity contribution in [2.24, 2.45) is 28.1 Å². The Morgan fingerprint density at radius 1 is 1.03 bits per heavy atom. The van der Waals surface area contributed by atoms with E-state index in [1.54, 1.807) is 13.0 Å². The van der Waals surface area contributed by atoms with Gasteiger partial charge in [-0.05, 0) is 80.6 Å². The number of hydrogen-bond acceptors (Lipinski definition) is 4. The second-order valence-corrected chi connectivity index (χ2v) is 11.9. The first-order chi connectivity index (χ1) is 15.8. The normalized spacial score (nSPS) is 34.9. The number of ketones is 2. The van der Waals surface area contributed by atoms with Crippen molar-refractivity contribution in [1.82, 2.24) is 0 Å². The van der Waals surface area contributed by atoms with Crippen molar-refractivity contribution in [2.75, 3.05) is 0 Å². The molecule has 1 aromatic heterocycles. The Labute approximate surface area is 203 Å². The Bertz CT molecular complexity index is 1190. The molecule has 4 heteroatoms. The lowest BCUT2D eigenvalue weighted by molar-refractivity contribution is -0.154. The first-order valence-corrected chi connectivity index (χ1v) is 12.6. The molecule has 0 radical (unpaired) electrons. The van der Waals surface area contributed by atoms with Crippen LogP contribution in [-0.2, 0) is 9.59 Å². The third-order valence-corrected chi connectivity index (χ3v) is 9.52. The molecule has 0 amide bonds. The van der Waals surface area contributed by atoms with Gasteiger partial charge in [0.1, 0.15) is 11.5 Å². The van der Waals surface area contributed by atoms with E-state index in [1.165, 1.54) is 0 Å². The maximum atomic E-state index is 13.4. The van der Waals surface area contributed by atoms with Crippen LogP contribution in [0.25, 0.3) is 5.57 Å². The summed E-state index contributed by atoms with van der Waals surface area (Å²) in [5.74, 6) is 1.80. The van der Waals surface area contributed by atoms with Crippen molar-refractivity contribution in [3.63, 3.8) is 0 Å². The van der Waals surface area contributed by atoms with E-state index in [-0.39, 0.29) is 33.6 Å². The number of aryl methyl sites for hydroxylation is 1. The number of carbonyl (C=O) groups is 2. The molecule has 0 saturated heterocycles. The standard InChI is InChI=1S/C30H38O4/c1-18(22-12-11-20(3)27(33)34-22)9-8-10-19(2)26-21(31)17-24-29(6)16-14-25(32)28(4,5)23(29)13-15-30(24,26)7/h8-12,23-24H,13-17H2,1-7H3/b10-8+,18-9+,26-19-/t23?,24-,29-,30-/m0/s1. The summed E-state index contributed by atoms with van der Waals surface area (Å²) >= 11 is 0. The van der Waals surface area contributed by atoms with Gasteiger partial charge in [-0.3, -0.25) is 9.59 Å². The van der Waals surface area contributed by atoms with E-state index in [9.17, 15) is 14.4 Å². The average molecular weight is 463 g/mol. The third kappa shape index (κ3) is 3.70. The second-order valence-electron chi connectivity index (χ2n) is 11.9. The van der Waals surface area contributed by atoms with Gasteiger partial charge in [-0.1, -0.05) is 45.9 Å². The highest BCUT2D eigenvalue weighted by molar-refractivity contribution is 6.01. The molecular weight excluding hydrogens is 424 g/mol. The maximum absolute atomic E-state index is 13.4. The third-order valence-electron chi connectivity index (χ3n) is 9.52. The van der Waals surface area contributed by atoms with Crippen molar-refractivity contribution in [1.29, 1.82) is 0 Å². The Kier molecular flexibility index (Phi) is 6.03. The summed E-state index contributed by atoms with van der Waals surface area (Å²) in [4.78, 5) is 37.9. The fourth-order valence-electron chi connectivity index (χ4n) is 7.58. The summed E-state index contributed by atoms with van der Waals surface area (Å²) in [6.07, 6.45) is 9.90. The molecular formula is C30H38O4. The van der Waals surface area contributed by atoms with Crippen LogP contribution in [0, 0.1) is 35.0 Å². The molecule has 0 spiro atoms. The van der Waals surface area contributed by atoms with Crippen LogP contribution in [0.5, 0.6) is 0 Å². The van der Waals surface area contributed by atoms with Gasteiger partial charge in [-0.2, -0.15) is 0 Å². The average Bonchev–Trinajstić information content (AvgIpc) is 3.04. The summed E-state index contributed by atoms with van der Waals surface area (Å²) in [6.45, 7) is 14.5. The number of fused-ring (bicyclic) bond motifs is 3. The predicted octanol–water partition coefficient (Wildman–Crippen LogP) is 6.62. The summed E-state index contributed by atoms with van der Waals surface area (Å²) < 4.78 is 5.37. The summed E-state index contributed by atoms with van der Waals surface area (Å²) in [6, 6.07) is 3.58. The highest BCUT2D eigenvalue weighted by atomic mass is 16.4. The molecule has 1 aromatic rings. The van der Waals surface area contributed by atoms with Crippen LogP contribution in [0.3, 0.4) is 0 Å². The van der Waals surface area contributed by atoms with Gasteiger partial charge >= 0.3 is 5.63 Å². The van der Waals surface area contributed by atoms with Crippen LogP contribution in [-0.4, -0.2) is 11.6 Å². The highest BCUT2D eigenvalue weighted by Gasteiger charge is 2.64. The Balaban J connectivity index is 1.64. The number of carbonyl (C=O) groups excluding carboxylic acids is 2. The number of hydrogen-bond donors (Lipinski definition) is 0. The van der Waals surface area contributed by atoms with Gasteiger partial charge < -0.3 is 4.42 Å². The van der Waals surface area contributed by atoms with Crippen molar-refractivity contribution >= 4 is 17.1 Å². The Hall–Kier alpha value is -2.49. The number of rotatable bonds is 3. The zero-order valence-electron chi connectivity index (χ0n) is 21.7. The van der Waals surface area contributed by atoms with Gasteiger partial charge in [0.2, 0.25) is 0 Å². The molecule has 4 atom stereocenters. The van der Waals surface area contributed by atoms with Gasteiger partial charge in [-0.25, -0.2) is 4.79 Å². The SMILES string of the molecule is C\C(=C/C=C/C(C)=C1/C(=O)C[C@H]2[C@@]3(C)CCC(=O)C(C)(C)C3CC[C@]12C)c1ccc(C)c(=O)o1. The van der Waals surface area contributed by atoms with Gasteiger partial charge in [0, 0.05) is 34.8 Å². The molecule has 3 fully saturated rings. The fourth-order valence-corrected chi connectivity index (χ4v) is 7.58. The molecule has 4 rings (SSSR count). The highest BCUT2D eigenvalue weighted by Crippen LogP contribution is 2.68. The van der Waals surface area contributed by atoms with Crippen molar-refractivity contribution in [2.45, 2.75) is 80.6 Å². The molecule has 3 saturated carbocycles. The summed E-state index contributed by atoms with van der Waals surface area (Å²) in [5, 5.41) is 0. The van der Waals surface area contributed by atoms with Crippen LogP contribution >= 0.6 is 0 Å². The van der Waals surface area contributed by atoms with Gasteiger partial charge in [0.05, 0.1) is 0 Å². The smallest absolute Gasteiger partial charge is 0.339 e. The summed E-state index contributed by atoms with van der Waals surface area (Å²) in [5.41, 5.74) is 2.64. The number of allylic oxidation sites excluding steroid dienone is 6. The van der Waals surface area contributed by atoms with Crippen LogP contribution < -0.4 is 5.63 Å². The molecule has 182 valence electrons. The Morgan fingerprint density at radius 2 is 1.74 bits per heavy atom. The molecule has 0 N–H and O–H groups in total. The molecule has 0 aromatic carbocycles. The molecule has 0 aliphatic heterocycles. The molecule has 4 nitrogen and oxygen atoms in total. The first-order valence-electron chi connectivity index (χ1n) is 12.6. The monoisotopic (exact) mass is 462 g/mol. The molecule has 0 bridgehead atoms. The van der Waals surface area contributed by atoms with Crippen molar-refractivity contribution < 1.29 is 14.0 Å². The molecule has 3 aliphatic carbocycles. The van der Waals surface area contributed by atoms with E-state index >= 15 is 0 Å². The van der Waals surface area contributed by atoms with Gasteiger partial charge in [0.15, 0.2) is 5.78 Å². The minimum Gasteiger partial charge on any atom is -0.423 e. The molecule has 3 aliphatic rings. The van der Waals surface area contributed by atoms with Gasteiger partial charge in [-0.15, -0.1) is 0 Å². The lowest BCUT2D eigenvalue weighted by Crippen LogP contribution is -2.56. The quantitative estimate of drug-likeness (QED) is 0.374. The van der Waals surface area contributed by atoms with Crippen LogP contribution in [0.15, 0.2) is 50.7 Å². The topological polar surface area (TPSA) is 64.3 Å². The van der Waals surface area contributed by atoms with Gasteiger partial charge in [0.25, 0.3) is 0 Å². The van der Waals surface area contributed by atoms with E-state index in [0.29, 0.717) is 35.9 Å². The maximum Gasteiger partial charge on any atom is 0.339 e. The second kappa shape index (κ2) is 8.32. The van der Waals surface area contributed by atoms with Crippen LogP contribution in [0.4, 0.5) is 0 Å². The van der Waals surface area contributed by atoms with E-state index in [4.69, 9.17) is 4.42 Å². The minimum atomic E-state index is -0.320. The van der Waals surface area contributed by atoms with E-state index in [1.807, 2.05) is 38.1 Å². The molecule has 1 heterocycles. The fraction of sp³-hybridized carbons (Fsp3) is 0.567. The lowest BCUT2D eigenvalue weighted by atomic mass is 9.43. The largest absolute Gasteiger partial charge is 0.423 e. The minimum absolute atomic E-state index is 0.00525.